The van der Waals surface area contributed by atoms with Gasteiger partial charge in [-0.3, -0.25) is 9.78 Å². The number of hydrogen-bond acceptors (Lipinski definition) is 9. The minimum Gasteiger partial charge on any atom is -0.497 e. The summed E-state index contributed by atoms with van der Waals surface area (Å²) in [7, 11) is 3.15. The maximum atomic E-state index is 12.0. The lowest BCUT2D eigenvalue weighted by Gasteiger charge is -2.05. The molecular weight excluding hydrogens is 406 g/mol. The molecule has 4 rings (SSSR count). The van der Waals surface area contributed by atoms with Crippen LogP contribution in [0.4, 0.5) is 0 Å². The molecule has 0 aliphatic heterocycles. The Morgan fingerprint density at radius 1 is 1.03 bits per heavy atom. The van der Waals surface area contributed by atoms with Crippen molar-refractivity contribution in [1.29, 1.82) is 0 Å². The van der Waals surface area contributed by atoms with E-state index in [9.17, 15) is 4.79 Å². The van der Waals surface area contributed by atoms with E-state index in [1.54, 1.807) is 50.7 Å². The van der Waals surface area contributed by atoms with Gasteiger partial charge in [0.25, 0.3) is 5.56 Å². The highest BCUT2D eigenvalue weighted by atomic mass is 32.2. The summed E-state index contributed by atoms with van der Waals surface area (Å²) in [5, 5.41) is 4.46. The maximum absolute atomic E-state index is 12.0. The van der Waals surface area contributed by atoms with E-state index in [0.717, 1.165) is 0 Å². The Morgan fingerprint density at radius 3 is 2.53 bits per heavy atom. The standard InChI is InChI=1S/C20H17N5O4S/c1-27-13-7-12(8-14(9-13)28-2)19-24-18(29-25-19)11-30-20-22-16(10-17(26)23-20)15-5-3-4-6-21-15/h3-10H,11H2,1-2H3,(H,22,23,26). The second kappa shape index (κ2) is 8.78. The molecule has 0 bridgehead atoms. The zero-order valence-electron chi connectivity index (χ0n) is 16.2. The number of nitrogens with one attached hydrogen (secondary N) is 1. The van der Waals surface area contributed by atoms with Crippen LogP contribution in [0.3, 0.4) is 0 Å². The second-order valence-corrected chi connectivity index (χ2v) is 7.02. The first kappa shape index (κ1) is 19.6. The molecule has 0 aliphatic rings. The van der Waals surface area contributed by atoms with Gasteiger partial charge in [-0.2, -0.15) is 4.98 Å². The largest absolute Gasteiger partial charge is 0.497 e. The summed E-state index contributed by atoms with van der Waals surface area (Å²) in [5.74, 6) is 2.38. The number of ether oxygens (including phenoxy) is 2. The summed E-state index contributed by atoms with van der Waals surface area (Å²) in [6.07, 6.45) is 1.65. The van der Waals surface area contributed by atoms with Crippen LogP contribution in [0.25, 0.3) is 22.8 Å². The summed E-state index contributed by atoms with van der Waals surface area (Å²) in [6.45, 7) is 0. The van der Waals surface area contributed by atoms with Gasteiger partial charge in [-0.15, -0.1) is 0 Å². The molecule has 10 heteroatoms. The van der Waals surface area contributed by atoms with Gasteiger partial charge in [0.05, 0.1) is 31.4 Å². The van der Waals surface area contributed by atoms with Gasteiger partial charge in [-0.1, -0.05) is 23.0 Å². The van der Waals surface area contributed by atoms with Gasteiger partial charge in [0.2, 0.25) is 11.7 Å². The summed E-state index contributed by atoms with van der Waals surface area (Å²) in [6, 6.07) is 12.2. The molecule has 0 fully saturated rings. The Labute approximate surface area is 175 Å². The van der Waals surface area contributed by atoms with Gasteiger partial charge in [-0.05, 0) is 24.3 Å². The quantitative estimate of drug-likeness (QED) is 0.353. The summed E-state index contributed by atoms with van der Waals surface area (Å²) >= 11 is 1.28. The summed E-state index contributed by atoms with van der Waals surface area (Å²) in [4.78, 5) is 27.8. The molecule has 9 nitrogen and oxygen atoms in total. The molecule has 152 valence electrons. The fraction of sp³-hybridized carbons (Fsp3) is 0.150. The summed E-state index contributed by atoms with van der Waals surface area (Å²) in [5.41, 5.74) is 1.56. The second-order valence-electron chi connectivity index (χ2n) is 6.05. The van der Waals surface area contributed by atoms with Crippen molar-refractivity contribution in [2.75, 3.05) is 14.2 Å². The number of nitrogens with zero attached hydrogens (tertiary/aromatic N) is 4. The van der Waals surface area contributed by atoms with E-state index in [2.05, 4.69) is 25.1 Å². The Bertz CT molecular complexity index is 1190. The van der Waals surface area contributed by atoms with Gasteiger partial charge in [0, 0.05) is 23.9 Å². The van der Waals surface area contributed by atoms with Crippen LogP contribution >= 0.6 is 11.8 Å². The molecule has 0 unspecified atom stereocenters. The number of rotatable bonds is 7. The minimum atomic E-state index is -0.261. The SMILES string of the molecule is COc1cc(OC)cc(-c2noc(CSc3nc(-c4ccccn4)cc(=O)[nH]3)n2)c1. The number of thioether (sulfide) groups is 1. The van der Waals surface area contributed by atoms with E-state index in [0.29, 0.717) is 51.1 Å². The van der Waals surface area contributed by atoms with Gasteiger partial charge < -0.3 is 19.0 Å². The third kappa shape index (κ3) is 4.49. The molecule has 0 spiro atoms. The topological polar surface area (TPSA) is 116 Å². The van der Waals surface area contributed by atoms with Crippen molar-refractivity contribution in [3.05, 3.63) is 64.9 Å². The predicted octanol–water partition coefficient (Wildman–Crippen LogP) is 3.19. The van der Waals surface area contributed by atoms with Gasteiger partial charge in [0.1, 0.15) is 11.5 Å². The minimum absolute atomic E-state index is 0.261. The number of aromatic amines is 1. The number of methoxy groups -OCH3 is 2. The van der Waals surface area contributed by atoms with Crippen LogP contribution in [-0.2, 0) is 5.75 Å². The van der Waals surface area contributed by atoms with Crippen LogP contribution in [0, 0.1) is 0 Å². The third-order valence-corrected chi connectivity index (χ3v) is 4.92. The normalized spacial score (nSPS) is 10.7. The molecule has 30 heavy (non-hydrogen) atoms. The Balaban J connectivity index is 1.52. The molecule has 1 aromatic carbocycles. The summed E-state index contributed by atoms with van der Waals surface area (Å²) < 4.78 is 15.9. The number of H-pyrrole nitrogens is 1. The van der Waals surface area contributed by atoms with Crippen LogP contribution in [0.15, 0.2) is 63.1 Å². The molecule has 0 saturated carbocycles. The fourth-order valence-electron chi connectivity index (χ4n) is 2.65. The Kier molecular flexibility index (Phi) is 5.75. The lowest BCUT2D eigenvalue weighted by atomic mass is 10.2. The first-order chi connectivity index (χ1) is 14.6. The van der Waals surface area contributed by atoms with Gasteiger partial charge in [-0.25, -0.2) is 4.98 Å². The van der Waals surface area contributed by atoms with E-state index in [4.69, 9.17) is 14.0 Å². The molecule has 3 heterocycles. The molecule has 3 aromatic heterocycles. The van der Waals surface area contributed by atoms with Crippen LogP contribution in [0.2, 0.25) is 0 Å². The first-order valence-electron chi connectivity index (χ1n) is 8.86. The van der Waals surface area contributed by atoms with E-state index >= 15 is 0 Å². The molecule has 0 radical (unpaired) electrons. The fourth-order valence-corrected chi connectivity index (χ4v) is 3.36. The molecule has 0 amide bonds. The number of aromatic nitrogens is 5. The predicted molar refractivity (Wildman–Crippen MR) is 110 cm³/mol. The first-order valence-corrected chi connectivity index (χ1v) is 9.85. The number of benzene rings is 1. The average molecular weight is 423 g/mol. The van der Waals surface area contributed by atoms with E-state index in [1.807, 2.05) is 6.07 Å². The van der Waals surface area contributed by atoms with E-state index in [-0.39, 0.29) is 5.56 Å². The van der Waals surface area contributed by atoms with Crippen molar-refractivity contribution in [2.45, 2.75) is 10.9 Å². The highest BCUT2D eigenvalue weighted by Crippen LogP contribution is 2.29. The molecule has 4 aromatic rings. The molecule has 0 aliphatic carbocycles. The van der Waals surface area contributed by atoms with Crippen LogP contribution in [0.5, 0.6) is 11.5 Å². The van der Waals surface area contributed by atoms with Crippen molar-refractivity contribution < 1.29 is 14.0 Å². The van der Waals surface area contributed by atoms with Crippen LogP contribution < -0.4 is 15.0 Å². The van der Waals surface area contributed by atoms with Crippen molar-refractivity contribution in [3.63, 3.8) is 0 Å². The van der Waals surface area contributed by atoms with Crippen molar-refractivity contribution in [1.82, 2.24) is 25.1 Å². The van der Waals surface area contributed by atoms with E-state index < -0.39 is 0 Å². The monoisotopic (exact) mass is 423 g/mol. The molecule has 0 saturated heterocycles. The zero-order chi connectivity index (χ0) is 20.9. The highest BCUT2D eigenvalue weighted by Gasteiger charge is 2.13. The highest BCUT2D eigenvalue weighted by molar-refractivity contribution is 7.98. The number of pyridine rings is 1. The lowest BCUT2D eigenvalue weighted by Crippen LogP contribution is -2.08. The van der Waals surface area contributed by atoms with Gasteiger partial charge >= 0.3 is 0 Å². The van der Waals surface area contributed by atoms with Crippen LogP contribution in [0.1, 0.15) is 5.89 Å². The van der Waals surface area contributed by atoms with Gasteiger partial charge in [0.15, 0.2) is 5.16 Å². The Morgan fingerprint density at radius 2 is 1.83 bits per heavy atom. The third-order valence-electron chi connectivity index (χ3n) is 4.06. The van der Waals surface area contributed by atoms with Crippen molar-refractivity contribution >= 4 is 11.8 Å². The maximum Gasteiger partial charge on any atom is 0.252 e. The lowest BCUT2D eigenvalue weighted by molar-refractivity contribution is 0.390. The van der Waals surface area contributed by atoms with Crippen molar-refractivity contribution in [3.8, 4) is 34.3 Å². The van der Waals surface area contributed by atoms with E-state index in [1.165, 1.54) is 17.8 Å². The zero-order valence-corrected chi connectivity index (χ0v) is 17.0. The molecular formula is C20H17N5O4S. The van der Waals surface area contributed by atoms with Crippen molar-refractivity contribution in [2.24, 2.45) is 0 Å². The molecule has 0 atom stereocenters. The average Bonchev–Trinajstić information content (AvgIpc) is 3.27. The smallest absolute Gasteiger partial charge is 0.252 e. The Hall–Kier alpha value is -3.66. The number of hydrogen-bond donors (Lipinski definition) is 1. The molecule has 1 N–H and O–H groups in total. The van der Waals surface area contributed by atoms with Crippen LogP contribution in [-0.4, -0.2) is 39.3 Å².